The van der Waals surface area contributed by atoms with Crippen LogP contribution in [0.5, 0.6) is 0 Å². The van der Waals surface area contributed by atoms with Crippen LogP contribution in [0.4, 0.5) is 13.2 Å². The number of hydrogen-bond donors (Lipinski definition) is 2. The SMILES string of the molecule is NC(=S)NN=Cc1cc(C(F)(F)F)ccc1Br. The highest BCUT2D eigenvalue weighted by Gasteiger charge is 2.30. The molecular weight excluding hydrogens is 319 g/mol. The molecule has 3 nitrogen and oxygen atoms in total. The fraction of sp³-hybridized carbons (Fsp3) is 0.111. The quantitative estimate of drug-likeness (QED) is 0.499. The number of rotatable bonds is 2. The number of hydrogen-bond acceptors (Lipinski definition) is 2. The summed E-state index contributed by atoms with van der Waals surface area (Å²) in [6.45, 7) is 0. The van der Waals surface area contributed by atoms with Gasteiger partial charge in [-0.05, 0) is 30.4 Å². The van der Waals surface area contributed by atoms with Gasteiger partial charge in [0.1, 0.15) is 0 Å². The standard InChI is InChI=1S/C9H7BrF3N3S/c10-7-2-1-6(9(11,12)13)3-5(7)4-15-16-8(14)17/h1-4H,(H3,14,16,17). The van der Waals surface area contributed by atoms with Crippen LogP contribution in [0.1, 0.15) is 11.1 Å². The van der Waals surface area contributed by atoms with Crippen LogP contribution in [0.2, 0.25) is 0 Å². The number of nitrogens with one attached hydrogen (secondary N) is 1. The van der Waals surface area contributed by atoms with Crippen molar-refractivity contribution in [3.05, 3.63) is 33.8 Å². The molecule has 0 saturated carbocycles. The maximum absolute atomic E-state index is 12.4. The molecule has 0 aliphatic rings. The van der Waals surface area contributed by atoms with Gasteiger partial charge >= 0.3 is 6.18 Å². The number of alkyl halides is 3. The summed E-state index contributed by atoms with van der Waals surface area (Å²) in [5.41, 5.74) is 6.88. The summed E-state index contributed by atoms with van der Waals surface area (Å²) in [6, 6.07) is 3.24. The summed E-state index contributed by atoms with van der Waals surface area (Å²) >= 11 is 7.60. The average molecular weight is 326 g/mol. The van der Waals surface area contributed by atoms with Crippen LogP contribution in [0, 0.1) is 0 Å². The molecule has 0 aliphatic heterocycles. The summed E-state index contributed by atoms with van der Waals surface area (Å²) in [5, 5.41) is 3.52. The molecule has 1 aromatic carbocycles. The largest absolute Gasteiger partial charge is 0.416 e. The lowest BCUT2D eigenvalue weighted by molar-refractivity contribution is -0.137. The van der Waals surface area contributed by atoms with E-state index in [-0.39, 0.29) is 10.7 Å². The number of halogens is 4. The Balaban J connectivity index is 2.99. The highest BCUT2D eigenvalue weighted by atomic mass is 79.9. The molecule has 0 heterocycles. The van der Waals surface area contributed by atoms with Crippen LogP contribution in [-0.2, 0) is 6.18 Å². The Morgan fingerprint density at radius 2 is 2.12 bits per heavy atom. The van der Waals surface area contributed by atoms with Gasteiger partial charge in [-0.1, -0.05) is 15.9 Å². The van der Waals surface area contributed by atoms with Crippen molar-refractivity contribution in [3.8, 4) is 0 Å². The van der Waals surface area contributed by atoms with E-state index < -0.39 is 11.7 Å². The van der Waals surface area contributed by atoms with Crippen LogP contribution in [0.15, 0.2) is 27.8 Å². The molecule has 1 rings (SSSR count). The summed E-state index contributed by atoms with van der Waals surface area (Å²) < 4.78 is 37.8. The van der Waals surface area contributed by atoms with Crippen molar-refractivity contribution in [1.82, 2.24) is 5.43 Å². The molecule has 0 fully saturated rings. The summed E-state index contributed by atoms with van der Waals surface area (Å²) in [6.07, 6.45) is -3.20. The molecule has 17 heavy (non-hydrogen) atoms. The molecule has 1 aromatic rings. The van der Waals surface area contributed by atoms with Crippen LogP contribution < -0.4 is 11.2 Å². The molecule has 92 valence electrons. The van der Waals surface area contributed by atoms with Crippen molar-refractivity contribution < 1.29 is 13.2 Å². The Morgan fingerprint density at radius 1 is 1.47 bits per heavy atom. The summed E-state index contributed by atoms with van der Waals surface area (Å²) in [7, 11) is 0. The molecule has 0 spiro atoms. The van der Waals surface area contributed by atoms with Gasteiger partial charge in [0, 0.05) is 10.0 Å². The zero-order valence-electron chi connectivity index (χ0n) is 8.25. The maximum Gasteiger partial charge on any atom is 0.416 e. The Labute approximate surface area is 109 Å². The summed E-state index contributed by atoms with van der Waals surface area (Å²) in [4.78, 5) is 0. The monoisotopic (exact) mass is 325 g/mol. The van der Waals surface area contributed by atoms with Gasteiger partial charge in [0.2, 0.25) is 0 Å². The van der Waals surface area contributed by atoms with Gasteiger partial charge < -0.3 is 5.73 Å². The van der Waals surface area contributed by atoms with Crippen LogP contribution in [0.25, 0.3) is 0 Å². The van der Waals surface area contributed by atoms with E-state index in [1.165, 1.54) is 12.3 Å². The molecular formula is C9H7BrF3N3S. The minimum absolute atomic E-state index is 0.0654. The zero-order valence-corrected chi connectivity index (χ0v) is 10.7. The molecule has 0 radical (unpaired) electrons. The van der Waals surface area contributed by atoms with Gasteiger partial charge in [0.05, 0.1) is 11.8 Å². The van der Waals surface area contributed by atoms with E-state index in [2.05, 4.69) is 38.7 Å². The summed E-state index contributed by atoms with van der Waals surface area (Å²) in [5.74, 6) is 0. The molecule has 0 aliphatic carbocycles. The third-order valence-electron chi connectivity index (χ3n) is 1.70. The molecule has 8 heteroatoms. The topological polar surface area (TPSA) is 50.4 Å². The van der Waals surface area contributed by atoms with Gasteiger partial charge in [-0.15, -0.1) is 0 Å². The third-order valence-corrected chi connectivity index (χ3v) is 2.52. The van der Waals surface area contributed by atoms with Crippen LogP contribution in [-0.4, -0.2) is 11.3 Å². The number of hydrazone groups is 1. The molecule has 0 atom stereocenters. The van der Waals surface area contributed by atoms with Crippen molar-refractivity contribution >= 4 is 39.5 Å². The van der Waals surface area contributed by atoms with Gasteiger partial charge in [0.15, 0.2) is 5.11 Å². The second-order valence-corrected chi connectivity index (χ2v) is 4.26. The predicted molar refractivity (Wildman–Crippen MR) is 66.7 cm³/mol. The van der Waals surface area contributed by atoms with E-state index >= 15 is 0 Å². The van der Waals surface area contributed by atoms with E-state index in [1.807, 2.05) is 0 Å². The number of nitrogens with two attached hydrogens (primary N) is 1. The number of benzene rings is 1. The van der Waals surface area contributed by atoms with E-state index in [0.717, 1.165) is 12.1 Å². The first-order chi connectivity index (χ1) is 7.80. The lowest BCUT2D eigenvalue weighted by Crippen LogP contribution is -2.24. The number of nitrogens with zero attached hydrogens (tertiary/aromatic N) is 1. The molecule has 3 N–H and O–H groups in total. The minimum atomic E-state index is -4.39. The Hall–Kier alpha value is -1.15. The van der Waals surface area contributed by atoms with Gasteiger partial charge in [-0.25, -0.2) is 0 Å². The van der Waals surface area contributed by atoms with Gasteiger partial charge in [-0.2, -0.15) is 18.3 Å². The van der Waals surface area contributed by atoms with Crippen LogP contribution in [0.3, 0.4) is 0 Å². The Morgan fingerprint density at radius 3 is 2.65 bits per heavy atom. The Kier molecular flexibility index (Phi) is 4.47. The second-order valence-electron chi connectivity index (χ2n) is 2.97. The van der Waals surface area contributed by atoms with Crippen molar-refractivity contribution in [2.45, 2.75) is 6.18 Å². The molecule has 0 unspecified atom stereocenters. The normalized spacial score (nSPS) is 11.8. The number of thiocarbonyl (C=S) groups is 1. The molecule has 0 saturated heterocycles. The highest BCUT2D eigenvalue weighted by molar-refractivity contribution is 9.10. The fourth-order valence-electron chi connectivity index (χ4n) is 0.984. The maximum atomic E-state index is 12.4. The lowest BCUT2D eigenvalue weighted by atomic mass is 10.1. The van der Waals surface area contributed by atoms with E-state index in [0.29, 0.717) is 4.47 Å². The van der Waals surface area contributed by atoms with E-state index in [4.69, 9.17) is 5.73 Å². The van der Waals surface area contributed by atoms with Crippen molar-refractivity contribution in [1.29, 1.82) is 0 Å². The fourth-order valence-corrected chi connectivity index (χ4v) is 1.39. The van der Waals surface area contributed by atoms with Crippen molar-refractivity contribution in [3.63, 3.8) is 0 Å². The molecule has 0 bridgehead atoms. The lowest BCUT2D eigenvalue weighted by Gasteiger charge is -2.08. The zero-order chi connectivity index (χ0) is 13.1. The smallest absolute Gasteiger partial charge is 0.375 e. The average Bonchev–Trinajstić information content (AvgIpc) is 2.18. The van der Waals surface area contributed by atoms with Gasteiger partial charge in [0.25, 0.3) is 0 Å². The Bertz CT molecular complexity index is 459. The van der Waals surface area contributed by atoms with Crippen LogP contribution >= 0.6 is 28.1 Å². The molecule has 0 amide bonds. The second kappa shape index (κ2) is 5.46. The minimum Gasteiger partial charge on any atom is -0.375 e. The van der Waals surface area contributed by atoms with E-state index in [1.54, 1.807) is 0 Å². The van der Waals surface area contributed by atoms with Gasteiger partial charge in [-0.3, -0.25) is 5.43 Å². The van der Waals surface area contributed by atoms with E-state index in [9.17, 15) is 13.2 Å². The predicted octanol–water partition coefficient (Wildman–Crippen LogP) is 2.64. The van der Waals surface area contributed by atoms with Crippen molar-refractivity contribution in [2.24, 2.45) is 10.8 Å². The first-order valence-electron chi connectivity index (χ1n) is 4.26. The first kappa shape index (κ1) is 13.9. The third kappa shape index (κ3) is 4.31. The molecule has 0 aromatic heterocycles. The first-order valence-corrected chi connectivity index (χ1v) is 5.46. The highest BCUT2D eigenvalue weighted by Crippen LogP contribution is 2.31. The van der Waals surface area contributed by atoms with Crippen molar-refractivity contribution in [2.75, 3.05) is 0 Å².